The summed E-state index contributed by atoms with van der Waals surface area (Å²) in [5, 5.41) is 24.2. The number of rotatable bonds is 4. The highest BCUT2D eigenvalue weighted by Crippen LogP contribution is 2.53. The summed E-state index contributed by atoms with van der Waals surface area (Å²) in [4.78, 5) is 67.4. The summed E-state index contributed by atoms with van der Waals surface area (Å²) in [6, 6.07) is 3.84. The number of aromatic hydroxyl groups is 1. The minimum Gasteiger partial charge on any atom is -0.507 e. The van der Waals surface area contributed by atoms with Crippen molar-refractivity contribution in [3.05, 3.63) is 40.3 Å². The highest BCUT2D eigenvalue weighted by molar-refractivity contribution is 7.14. The van der Waals surface area contributed by atoms with Crippen LogP contribution in [0.5, 0.6) is 5.75 Å². The van der Waals surface area contributed by atoms with Crippen molar-refractivity contribution in [3.63, 3.8) is 0 Å². The number of carbonyl (C=O) groups is 5. The molecule has 4 N–H and O–H groups in total. The van der Waals surface area contributed by atoms with E-state index >= 15 is 0 Å². The van der Waals surface area contributed by atoms with E-state index in [0.717, 1.165) is 0 Å². The SMILES string of the molecule is CC(=O)c1ccsc1-c1ccc(O)c2c1CC1CC3C(N(C)C)C(=O)C(C(N)=O)CC3(O)C(=O)C1C2=O. The zero-order valence-electron chi connectivity index (χ0n) is 20.7. The van der Waals surface area contributed by atoms with E-state index in [-0.39, 0.29) is 29.9 Å². The largest absolute Gasteiger partial charge is 0.507 e. The van der Waals surface area contributed by atoms with Gasteiger partial charge in [-0.3, -0.25) is 28.9 Å². The fourth-order valence-electron chi connectivity index (χ4n) is 6.72. The third kappa shape index (κ3) is 3.61. The molecule has 1 amide bonds. The number of hydrogen-bond donors (Lipinski definition) is 3. The second-order valence-corrected chi connectivity index (χ2v) is 11.5. The number of thiophene rings is 1. The molecule has 37 heavy (non-hydrogen) atoms. The molecule has 1 aromatic carbocycles. The van der Waals surface area contributed by atoms with Crippen molar-refractivity contribution in [2.24, 2.45) is 29.4 Å². The second-order valence-electron chi connectivity index (χ2n) is 10.6. The first kappa shape index (κ1) is 25.4. The normalized spacial score (nSPS) is 31.1. The second kappa shape index (κ2) is 8.68. The van der Waals surface area contributed by atoms with Gasteiger partial charge in [-0.15, -0.1) is 11.3 Å². The minimum atomic E-state index is -2.08. The Balaban J connectivity index is 1.64. The zero-order chi connectivity index (χ0) is 27.0. The van der Waals surface area contributed by atoms with Gasteiger partial charge < -0.3 is 15.9 Å². The number of primary amides is 1. The average Bonchev–Trinajstić information content (AvgIpc) is 3.30. The van der Waals surface area contributed by atoms with Gasteiger partial charge in [0.1, 0.15) is 17.3 Å². The van der Waals surface area contributed by atoms with Crippen LogP contribution in [-0.4, -0.2) is 69.9 Å². The molecule has 2 fully saturated rings. The summed E-state index contributed by atoms with van der Waals surface area (Å²) in [6.45, 7) is 1.46. The molecule has 2 aromatic rings. The molecule has 9 nitrogen and oxygen atoms in total. The van der Waals surface area contributed by atoms with Crippen molar-refractivity contribution in [3.8, 4) is 16.2 Å². The molecular formula is C27H28N2O7S. The highest BCUT2D eigenvalue weighted by Gasteiger charge is 2.64. The molecule has 0 saturated heterocycles. The molecule has 10 heteroatoms. The lowest BCUT2D eigenvalue weighted by Gasteiger charge is -2.53. The van der Waals surface area contributed by atoms with Crippen LogP contribution in [0.1, 0.15) is 46.0 Å². The Morgan fingerprint density at radius 3 is 2.49 bits per heavy atom. The van der Waals surface area contributed by atoms with Gasteiger partial charge >= 0.3 is 0 Å². The molecule has 0 aliphatic heterocycles. The zero-order valence-corrected chi connectivity index (χ0v) is 21.5. The van der Waals surface area contributed by atoms with Crippen molar-refractivity contribution >= 4 is 40.4 Å². The van der Waals surface area contributed by atoms with Crippen molar-refractivity contribution in [1.29, 1.82) is 0 Å². The van der Waals surface area contributed by atoms with Gasteiger partial charge in [0.15, 0.2) is 23.1 Å². The van der Waals surface area contributed by atoms with E-state index in [1.165, 1.54) is 24.3 Å². The first-order valence-electron chi connectivity index (χ1n) is 12.1. The number of Topliss-reactive ketones (excluding diaryl/α,β-unsaturated/α-hetero) is 4. The van der Waals surface area contributed by atoms with Crippen LogP contribution >= 0.6 is 11.3 Å². The Labute approximate surface area is 217 Å². The van der Waals surface area contributed by atoms with E-state index < -0.39 is 65.0 Å². The number of nitrogens with zero attached hydrogens (tertiary/aromatic N) is 1. The van der Waals surface area contributed by atoms with Crippen LogP contribution in [0.2, 0.25) is 0 Å². The standard InChI is InChI=1S/C27H28N2O7S/c1-11(30)13-6-7-37-24(13)14-4-5-18(31)20-15(14)8-12-9-17-21(29(2)3)22(32)16(26(28)35)10-27(17,36)25(34)19(12)23(20)33/h4-7,12,16-17,19,21,31,36H,8-10H2,1-3H3,(H2,28,35). The fourth-order valence-corrected chi connectivity index (χ4v) is 7.72. The van der Waals surface area contributed by atoms with Gasteiger partial charge in [0, 0.05) is 22.8 Å². The van der Waals surface area contributed by atoms with Crippen molar-refractivity contribution in [2.75, 3.05) is 14.1 Å². The number of fused-ring (bicyclic) bond motifs is 3. The average molecular weight is 525 g/mol. The van der Waals surface area contributed by atoms with Gasteiger partial charge in [-0.1, -0.05) is 0 Å². The van der Waals surface area contributed by atoms with Crippen LogP contribution in [0.15, 0.2) is 23.6 Å². The summed E-state index contributed by atoms with van der Waals surface area (Å²) in [7, 11) is 3.28. The fraction of sp³-hybridized carbons (Fsp3) is 0.444. The number of phenols is 1. The summed E-state index contributed by atoms with van der Waals surface area (Å²) in [6.07, 6.45) is -0.0184. The van der Waals surface area contributed by atoms with E-state index in [0.29, 0.717) is 21.6 Å². The maximum atomic E-state index is 13.9. The quantitative estimate of drug-likeness (QED) is 0.403. The predicted octanol–water partition coefficient (Wildman–Crippen LogP) is 1.62. The van der Waals surface area contributed by atoms with Gasteiger partial charge in [-0.25, -0.2) is 0 Å². The Morgan fingerprint density at radius 2 is 1.86 bits per heavy atom. The molecule has 5 rings (SSSR count). The van der Waals surface area contributed by atoms with E-state index in [4.69, 9.17) is 5.73 Å². The summed E-state index contributed by atoms with van der Waals surface area (Å²) in [5.41, 5.74) is 5.09. The third-order valence-corrected chi connectivity index (χ3v) is 9.30. The van der Waals surface area contributed by atoms with Crippen molar-refractivity contribution < 1.29 is 34.2 Å². The molecule has 2 saturated carbocycles. The number of carbonyl (C=O) groups excluding carboxylic acids is 5. The molecule has 1 heterocycles. The first-order chi connectivity index (χ1) is 17.4. The number of likely N-dealkylation sites (N-methyl/N-ethyl adjacent to an activating group) is 1. The van der Waals surface area contributed by atoms with Crippen molar-refractivity contribution in [2.45, 2.75) is 37.8 Å². The van der Waals surface area contributed by atoms with Gasteiger partial charge in [0.05, 0.1) is 17.5 Å². The molecule has 3 aliphatic rings. The third-order valence-electron chi connectivity index (χ3n) is 8.36. The van der Waals surface area contributed by atoms with Crippen LogP contribution in [0, 0.1) is 23.7 Å². The lowest BCUT2D eigenvalue weighted by molar-refractivity contribution is -0.176. The Hall–Kier alpha value is -3.21. The van der Waals surface area contributed by atoms with E-state index in [1.807, 2.05) is 0 Å². The van der Waals surface area contributed by atoms with Crippen LogP contribution in [0.4, 0.5) is 0 Å². The maximum absolute atomic E-state index is 13.9. The van der Waals surface area contributed by atoms with E-state index in [2.05, 4.69) is 0 Å². The molecule has 6 unspecified atom stereocenters. The van der Waals surface area contributed by atoms with Crippen LogP contribution in [0.25, 0.3) is 10.4 Å². The van der Waals surface area contributed by atoms with Gasteiger partial charge in [-0.2, -0.15) is 0 Å². The molecule has 1 aromatic heterocycles. The van der Waals surface area contributed by atoms with Crippen LogP contribution in [-0.2, 0) is 20.8 Å². The summed E-state index contributed by atoms with van der Waals surface area (Å²) in [5.74, 6) is -7.03. The number of amides is 1. The first-order valence-corrected chi connectivity index (χ1v) is 13.0. The lowest BCUT2D eigenvalue weighted by atomic mass is 9.52. The van der Waals surface area contributed by atoms with E-state index in [9.17, 15) is 34.2 Å². The number of ketones is 4. The smallest absolute Gasteiger partial charge is 0.228 e. The number of nitrogens with two attached hydrogens (primary N) is 1. The van der Waals surface area contributed by atoms with Gasteiger partial charge in [0.2, 0.25) is 5.91 Å². The Bertz CT molecular complexity index is 1380. The monoisotopic (exact) mass is 524 g/mol. The number of hydrogen-bond acceptors (Lipinski definition) is 9. The maximum Gasteiger partial charge on any atom is 0.228 e. The molecular weight excluding hydrogens is 496 g/mol. The number of phenolic OH excluding ortho intramolecular Hbond substituents is 1. The topological polar surface area (TPSA) is 155 Å². The van der Waals surface area contributed by atoms with Crippen LogP contribution in [0.3, 0.4) is 0 Å². The summed E-state index contributed by atoms with van der Waals surface area (Å²) >= 11 is 1.35. The molecule has 0 spiro atoms. The molecule has 6 atom stereocenters. The van der Waals surface area contributed by atoms with Gasteiger partial charge in [-0.05, 0) is 74.5 Å². The van der Waals surface area contributed by atoms with Crippen LogP contribution < -0.4 is 5.73 Å². The predicted molar refractivity (Wildman–Crippen MR) is 134 cm³/mol. The Morgan fingerprint density at radius 1 is 1.16 bits per heavy atom. The summed E-state index contributed by atoms with van der Waals surface area (Å²) < 4.78 is 0. The minimum absolute atomic E-state index is 0.0135. The number of benzene rings is 1. The lowest BCUT2D eigenvalue weighted by Crippen LogP contribution is -2.69. The molecule has 3 aliphatic carbocycles. The van der Waals surface area contributed by atoms with Gasteiger partial charge in [0.25, 0.3) is 0 Å². The Kier molecular flexibility index (Phi) is 5.97. The number of aliphatic hydroxyl groups is 1. The molecule has 194 valence electrons. The highest BCUT2D eigenvalue weighted by atomic mass is 32.1. The van der Waals surface area contributed by atoms with E-state index in [1.54, 1.807) is 36.5 Å². The van der Waals surface area contributed by atoms with Crippen molar-refractivity contribution in [1.82, 2.24) is 4.90 Å². The molecule has 0 radical (unpaired) electrons. The molecule has 0 bridgehead atoms.